The number of pyridine rings is 1. The largest absolute Gasteiger partial charge is 0.376 e. The summed E-state index contributed by atoms with van der Waals surface area (Å²) in [6.45, 7) is 5.06. The fraction of sp³-hybridized carbons (Fsp3) is 0.583. The van der Waals surface area contributed by atoms with Crippen LogP contribution in [0.2, 0.25) is 0 Å². The van der Waals surface area contributed by atoms with Crippen molar-refractivity contribution in [1.82, 2.24) is 4.98 Å². The van der Waals surface area contributed by atoms with Crippen LogP contribution >= 0.6 is 15.9 Å². The predicted molar refractivity (Wildman–Crippen MR) is 68.7 cm³/mol. The molecule has 2 rings (SSSR count). The third-order valence-corrected chi connectivity index (χ3v) is 3.47. The average Bonchev–Trinajstić information content (AvgIpc) is 2.75. The Morgan fingerprint density at radius 1 is 1.62 bits per heavy atom. The summed E-state index contributed by atoms with van der Waals surface area (Å²) >= 11 is 3.52. The third kappa shape index (κ3) is 2.74. The van der Waals surface area contributed by atoms with E-state index in [1.54, 1.807) is 0 Å². The van der Waals surface area contributed by atoms with Crippen molar-refractivity contribution in [1.29, 1.82) is 0 Å². The SMILES string of the molecule is Cc1cnc(NC(C)C2CCCO2)c(Br)c1. The number of hydrogen-bond donors (Lipinski definition) is 1. The van der Waals surface area contributed by atoms with Crippen LogP contribution in [0.4, 0.5) is 5.82 Å². The first-order chi connectivity index (χ1) is 7.66. The molecular formula is C12H17BrN2O. The lowest BCUT2D eigenvalue weighted by Gasteiger charge is -2.21. The molecule has 0 radical (unpaired) electrons. The highest BCUT2D eigenvalue weighted by atomic mass is 79.9. The molecule has 0 aromatic carbocycles. The first-order valence-electron chi connectivity index (χ1n) is 5.67. The monoisotopic (exact) mass is 284 g/mol. The first-order valence-corrected chi connectivity index (χ1v) is 6.46. The molecule has 0 aliphatic carbocycles. The number of hydrogen-bond acceptors (Lipinski definition) is 3. The molecule has 1 N–H and O–H groups in total. The van der Waals surface area contributed by atoms with Gasteiger partial charge in [0.2, 0.25) is 0 Å². The van der Waals surface area contributed by atoms with E-state index in [4.69, 9.17) is 4.74 Å². The second kappa shape index (κ2) is 5.15. The molecule has 1 aliphatic rings. The lowest BCUT2D eigenvalue weighted by atomic mass is 10.1. The fourth-order valence-corrected chi connectivity index (χ4v) is 2.52. The summed E-state index contributed by atoms with van der Waals surface area (Å²) in [5.74, 6) is 0.897. The number of nitrogens with zero attached hydrogens (tertiary/aromatic N) is 1. The fourth-order valence-electron chi connectivity index (χ4n) is 1.95. The summed E-state index contributed by atoms with van der Waals surface area (Å²) in [4.78, 5) is 4.38. The number of rotatable bonds is 3. The Morgan fingerprint density at radius 3 is 3.06 bits per heavy atom. The number of halogens is 1. The van der Waals surface area contributed by atoms with Crippen LogP contribution in [0.25, 0.3) is 0 Å². The topological polar surface area (TPSA) is 34.2 Å². The van der Waals surface area contributed by atoms with E-state index in [9.17, 15) is 0 Å². The zero-order valence-electron chi connectivity index (χ0n) is 9.66. The van der Waals surface area contributed by atoms with Crippen molar-refractivity contribution in [2.45, 2.75) is 38.8 Å². The molecule has 0 amide bonds. The smallest absolute Gasteiger partial charge is 0.140 e. The van der Waals surface area contributed by atoms with Gasteiger partial charge in [0, 0.05) is 12.8 Å². The van der Waals surface area contributed by atoms with Gasteiger partial charge in [0.25, 0.3) is 0 Å². The lowest BCUT2D eigenvalue weighted by Crippen LogP contribution is -2.30. The van der Waals surface area contributed by atoms with Crippen LogP contribution in [-0.4, -0.2) is 23.7 Å². The molecule has 3 nitrogen and oxygen atoms in total. The molecule has 1 aromatic heterocycles. The highest BCUT2D eigenvalue weighted by Crippen LogP contribution is 2.24. The van der Waals surface area contributed by atoms with Crippen molar-refractivity contribution < 1.29 is 4.74 Å². The quantitative estimate of drug-likeness (QED) is 0.926. The second-order valence-corrected chi connectivity index (χ2v) is 5.18. The van der Waals surface area contributed by atoms with E-state index in [1.165, 1.54) is 6.42 Å². The molecule has 88 valence electrons. The van der Waals surface area contributed by atoms with Gasteiger partial charge in [-0.1, -0.05) is 0 Å². The Morgan fingerprint density at radius 2 is 2.44 bits per heavy atom. The Hall–Kier alpha value is -0.610. The van der Waals surface area contributed by atoms with E-state index in [-0.39, 0.29) is 0 Å². The maximum Gasteiger partial charge on any atom is 0.140 e. The normalized spacial score (nSPS) is 22.1. The molecule has 4 heteroatoms. The van der Waals surface area contributed by atoms with Gasteiger partial charge < -0.3 is 10.1 Å². The molecule has 1 fully saturated rings. The molecule has 2 heterocycles. The zero-order valence-corrected chi connectivity index (χ0v) is 11.3. The Labute approximate surface area is 105 Å². The van der Waals surface area contributed by atoms with E-state index in [1.807, 2.05) is 13.1 Å². The van der Waals surface area contributed by atoms with E-state index in [0.29, 0.717) is 12.1 Å². The van der Waals surface area contributed by atoms with Crippen molar-refractivity contribution in [3.63, 3.8) is 0 Å². The molecular weight excluding hydrogens is 268 g/mol. The van der Waals surface area contributed by atoms with Gasteiger partial charge in [0.1, 0.15) is 5.82 Å². The van der Waals surface area contributed by atoms with Crippen molar-refractivity contribution in [2.75, 3.05) is 11.9 Å². The second-order valence-electron chi connectivity index (χ2n) is 4.33. The molecule has 1 aromatic rings. The van der Waals surface area contributed by atoms with Gasteiger partial charge in [0.05, 0.1) is 16.6 Å². The summed E-state index contributed by atoms with van der Waals surface area (Å²) in [5.41, 5.74) is 1.15. The van der Waals surface area contributed by atoms with Gasteiger partial charge in [-0.2, -0.15) is 0 Å². The number of aryl methyl sites for hydroxylation is 1. The van der Waals surface area contributed by atoms with Gasteiger partial charge in [-0.3, -0.25) is 0 Å². The number of anilines is 1. The maximum atomic E-state index is 5.64. The summed E-state index contributed by atoms with van der Waals surface area (Å²) in [5, 5.41) is 3.40. The first kappa shape index (κ1) is 11.9. The Bertz CT molecular complexity index is 364. The van der Waals surface area contributed by atoms with E-state index < -0.39 is 0 Å². The van der Waals surface area contributed by atoms with E-state index in [0.717, 1.165) is 28.9 Å². The van der Waals surface area contributed by atoms with Crippen LogP contribution in [-0.2, 0) is 4.74 Å². The summed E-state index contributed by atoms with van der Waals surface area (Å²) in [6, 6.07) is 2.37. The molecule has 16 heavy (non-hydrogen) atoms. The van der Waals surface area contributed by atoms with Crippen molar-refractivity contribution in [3.05, 3.63) is 22.3 Å². The van der Waals surface area contributed by atoms with Crippen LogP contribution in [0.1, 0.15) is 25.3 Å². The van der Waals surface area contributed by atoms with Crippen LogP contribution in [0.3, 0.4) is 0 Å². The third-order valence-electron chi connectivity index (χ3n) is 2.86. The number of ether oxygens (including phenoxy) is 1. The van der Waals surface area contributed by atoms with Gasteiger partial charge in [0.15, 0.2) is 0 Å². The summed E-state index contributed by atoms with van der Waals surface area (Å²) in [6.07, 6.45) is 4.49. The molecule has 0 saturated carbocycles. The molecule has 0 spiro atoms. The minimum absolute atomic E-state index is 0.300. The Balaban J connectivity index is 2.02. The number of aromatic nitrogens is 1. The summed E-state index contributed by atoms with van der Waals surface area (Å²) in [7, 11) is 0. The van der Waals surface area contributed by atoms with Crippen molar-refractivity contribution in [3.8, 4) is 0 Å². The molecule has 1 saturated heterocycles. The van der Waals surface area contributed by atoms with Crippen molar-refractivity contribution >= 4 is 21.7 Å². The van der Waals surface area contributed by atoms with Crippen LogP contribution in [0, 0.1) is 6.92 Å². The number of nitrogens with one attached hydrogen (secondary N) is 1. The molecule has 2 unspecified atom stereocenters. The summed E-state index contributed by atoms with van der Waals surface area (Å²) < 4.78 is 6.66. The minimum Gasteiger partial charge on any atom is -0.376 e. The zero-order chi connectivity index (χ0) is 11.5. The average molecular weight is 285 g/mol. The lowest BCUT2D eigenvalue weighted by molar-refractivity contribution is 0.0995. The standard InChI is InChI=1S/C12H17BrN2O/c1-8-6-10(13)12(14-7-8)15-9(2)11-4-3-5-16-11/h6-7,9,11H,3-5H2,1-2H3,(H,14,15). The Kier molecular flexibility index (Phi) is 3.82. The van der Waals surface area contributed by atoms with Gasteiger partial charge >= 0.3 is 0 Å². The maximum absolute atomic E-state index is 5.64. The molecule has 0 bridgehead atoms. The highest BCUT2D eigenvalue weighted by molar-refractivity contribution is 9.10. The van der Waals surface area contributed by atoms with Gasteiger partial charge in [-0.15, -0.1) is 0 Å². The predicted octanol–water partition coefficient (Wildman–Crippen LogP) is 3.13. The van der Waals surface area contributed by atoms with Gasteiger partial charge in [-0.25, -0.2) is 4.98 Å². The highest BCUT2D eigenvalue weighted by Gasteiger charge is 2.22. The molecule has 1 aliphatic heterocycles. The minimum atomic E-state index is 0.300. The van der Waals surface area contributed by atoms with E-state index in [2.05, 4.69) is 39.2 Å². The van der Waals surface area contributed by atoms with Crippen LogP contribution in [0.5, 0.6) is 0 Å². The molecule has 2 atom stereocenters. The van der Waals surface area contributed by atoms with Crippen molar-refractivity contribution in [2.24, 2.45) is 0 Å². The van der Waals surface area contributed by atoms with Gasteiger partial charge in [-0.05, 0) is 54.2 Å². The van der Waals surface area contributed by atoms with Crippen LogP contribution in [0.15, 0.2) is 16.7 Å². The van der Waals surface area contributed by atoms with E-state index >= 15 is 0 Å². The van der Waals surface area contributed by atoms with Crippen LogP contribution < -0.4 is 5.32 Å².